The van der Waals surface area contributed by atoms with E-state index >= 15 is 0 Å². The van der Waals surface area contributed by atoms with Gasteiger partial charge in [-0.15, -0.1) is 0 Å². The largest absolute Gasteiger partial charge is 0.356 e. The van der Waals surface area contributed by atoms with Gasteiger partial charge in [0.15, 0.2) is 5.54 Å². The van der Waals surface area contributed by atoms with Crippen LogP contribution in [0.5, 0.6) is 0 Å². The smallest absolute Gasteiger partial charge is 0.255 e. The molecule has 2 aliphatic rings. The minimum atomic E-state index is -1.02. The highest BCUT2D eigenvalue weighted by Crippen LogP contribution is 2.42. The summed E-state index contributed by atoms with van der Waals surface area (Å²) >= 11 is 6.29. The van der Waals surface area contributed by atoms with E-state index in [-0.39, 0.29) is 18.4 Å². The molecule has 1 aromatic heterocycles. The van der Waals surface area contributed by atoms with Crippen molar-refractivity contribution in [3.8, 4) is 0 Å². The van der Waals surface area contributed by atoms with Gasteiger partial charge in [0.2, 0.25) is 5.91 Å². The summed E-state index contributed by atoms with van der Waals surface area (Å²) in [5.74, 6) is -0.0991. The summed E-state index contributed by atoms with van der Waals surface area (Å²) in [6, 6.07) is 15.5. The quantitative estimate of drug-likeness (QED) is 0.724. The second kappa shape index (κ2) is 6.11. The molecule has 5 nitrogen and oxygen atoms in total. The molecule has 142 valence electrons. The number of para-hydroxylation sites is 1. The first-order valence-electron chi connectivity index (χ1n) is 9.43. The Morgan fingerprint density at radius 3 is 2.68 bits per heavy atom. The topological polar surface area (TPSA) is 56.4 Å². The Labute approximate surface area is 167 Å². The highest BCUT2D eigenvalue weighted by molar-refractivity contribution is 6.31. The van der Waals surface area contributed by atoms with Gasteiger partial charge in [0.1, 0.15) is 6.54 Å². The SMILES string of the molecule is C[C@@]12C(=O)N(Cc3ccccc3Cl)CC(=O)N1CCc1c2[nH]c2ccccc12. The molecule has 0 spiro atoms. The first-order valence-corrected chi connectivity index (χ1v) is 9.81. The molecule has 1 fully saturated rings. The van der Waals surface area contributed by atoms with E-state index in [9.17, 15) is 9.59 Å². The fourth-order valence-electron chi connectivity index (χ4n) is 4.64. The number of benzene rings is 2. The number of piperazine rings is 1. The van der Waals surface area contributed by atoms with E-state index in [0.29, 0.717) is 18.1 Å². The predicted molar refractivity (Wildman–Crippen MR) is 108 cm³/mol. The van der Waals surface area contributed by atoms with Crippen LogP contribution in [0.15, 0.2) is 48.5 Å². The third kappa shape index (κ3) is 2.32. The summed E-state index contributed by atoms with van der Waals surface area (Å²) in [5.41, 5.74) is 2.79. The third-order valence-electron chi connectivity index (χ3n) is 6.08. The summed E-state index contributed by atoms with van der Waals surface area (Å²) in [6.07, 6.45) is 0.748. The van der Waals surface area contributed by atoms with Crippen LogP contribution >= 0.6 is 11.6 Å². The lowest BCUT2D eigenvalue weighted by Gasteiger charge is -2.49. The van der Waals surface area contributed by atoms with Gasteiger partial charge < -0.3 is 14.8 Å². The van der Waals surface area contributed by atoms with Gasteiger partial charge in [-0.1, -0.05) is 48.0 Å². The van der Waals surface area contributed by atoms with E-state index in [1.165, 1.54) is 0 Å². The van der Waals surface area contributed by atoms with Crippen LogP contribution in [-0.2, 0) is 28.1 Å². The number of nitrogens with one attached hydrogen (secondary N) is 1. The fraction of sp³-hybridized carbons (Fsp3) is 0.273. The Morgan fingerprint density at radius 2 is 1.86 bits per heavy atom. The number of rotatable bonds is 2. The van der Waals surface area contributed by atoms with Crippen molar-refractivity contribution in [3.63, 3.8) is 0 Å². The Kier molecular flexibility index (Phi) is 3.78. The van der Waals surface area contributed by atoms with Crippen LogP contribution in [0.3, 0.4) is 0 Å². The molecule has 2 aliphatic heterocycles. The Morgan fingerprint density at radius 1 is 1.11 bits per heavy atom. The van der Waals surface area contributed by atoms with E-state index < -0.39 is 5.54 Å². The number of fused-ring (bicyclic) bond motifs is 5. The molecule has 0 saturated carbocycles. The van der Waals surface area contributed by atoms with Crippen molar-refractivity contribution in [2.24, 2.45) is 0 Å². The highest BCUT2D eigenvalue weighted by Gasteiger charge is 2.54. The molecule has 0 aliphatic carbocycles. The van der Waals surface area contributed by atoms with Gasteiger partial charge in [0.25, 0.3) is 5.91 Å². The number of amides is 2. The lowest BCUT2D eigenvalue weighted by atomic mass is 9.83. The number of hydrogen-bond acceptors (Lipinski definition) is 2. The lowest BCUT2D eigenvalue weighted by molar-refractivity contribution is -0.166. The molecule has 1 saturated heterocycles. The summed E-state index contributed by atoms with van der Waals surface area (Å²) in [4.78, 5) is 33.4. The Bertz CT molecular complexity index is 1120. The maximum atomic E-state index is 13.7. The summed E-state index contributed by atoms with van der Waals surface area (Å²) < 4.78 is 0. The molecule has 3 heterocycles. The molecule has 3 aromatic rings. The van der Waals surface area contributed by atoms with Gasteiger partial charge in [-0.25, -0.2) is 0 Å². The molecule has 6 heteroatoms. The molecule has 0 unspecified atom stereocenters. The Hall–Kier alpha value is -2.79. The average Bonchev–Trinajstić information content (AvgIpc) is 3.08. The van der Waals surface area contributed by atoms with Crippen molar-refractivity contribution in [3.05, 3.63) is 70.4 Å². The maximum absolute atomic E-state index is 13.7. The van der Waals surface area contributed by atoms with Gasteiger partial charge >= 0.3 is 0 Å². The van der Waals surface area contributed by atoms with Crippen LogP contribution in [-0.4, -0.2) is 39.7 Å². The summed E-state index contributed by atoms with van der Waals surface area (Å²) in [5, 5.41) is 1.73. The van der Waals surface area contributed by atoms with Gasteiger partial charge in [-0.3, -0.25) is 9.59 Å². The minimum Gasteiger partial charge on any atom is -0.356 e. The first kappa shape index (κ1) is 17.3. The highest BCUT2D eigenvalue weighted by atomic mass is 35.5. The number of nitrogens with zero attached hydrogens (tertiary/aromatic N) is 2. The van der Waals surface area contributed by atoms with Crippen LogP contribution in [0.25, 0.3) is 10.9 Å². The van der Waals surface area contributed by atoms with Crippen molar-refractivity contribution in [2.75, 3.05) is 13.1 Å². The zero-order valence-electron chi connectivity index (χ0n) is 15.5. The van der Waals surface area contributed by atoms with E-state index in [1.54, 1.807) is 15.9 Å². The number of hydrogen-bond donors (Lipinski definition) is 1. The van der Waals surface area contributed by atoms with Gasteiger partial charge in [-0.2, -0.15) is 0 Å². The predicted octanol–water partition coefficient (Wildman–Crippen LogP) is 3.46. The molecule has 28 heavy (non-hydrogen) atoms. The van der Waals surface area contributed by atoms with Crippen molar-refractivity contribution >= 4 is 34.3 Å². The summed E-state index contributed by atoms with van der Waals surface area (Å²) in [6.45, 7) is 2.81. The number of aromatic nitrogens is 1. The number of H-pyrrole nitrogens is 1. The number of halogens is 1. The van der Waals surface area contributed by atoms with E-state index in [0.717, 1.165) is 34.1 Å². The molecular formula is C22H20ClN3O2. The molecule has 1 N–H and O–H groups in total. The van der Waals surface area contributed by atoms with Crippen molar-refractivity contribution < 1.29 is 9.59 Å². The van der Waals surface area contributed by atoms with Crippen molar-refractivity contribution in [1.29, 1.82) is 0 Å². The minimum absolute atomic E-state index is 0.0292. The molecule has 1 atom stereocenters. The molecule has 2 aromatic carbocycles. The van der Waals surface area contributed by atoms with E-state index in [4.69, 9.17) is 11.6 Å². The monoisotopic (exact) mass is 393 g/mol. The molecule has 0 bridgehead atoms. The zero-order chi connectivity index (χ0) is 19.5. The van der Waals surface area contributed by atoms with E-state index in [2.05, 4.69) is 11.1 Å². The summed E-state index contributed by atoms with van der Waals surface area (Å²) in [7, 11) is 0. The zero-order valence-corrected chi connectivity index (χ0v) is 16.3. The molecule has 5 rings (SSSR count). The van der Waals surface area contributed by atoms with Crippen LogP contribution in [0.1, 0.15) is 23.7 Å². The second-order valence-electron chi connectivity index (χ2n) is 7.64. The van der Waals surface area contributed by atoms with Crippen molar-refractivity contribution in [2.45, 2.75) is 25.4 Å². The lowest BCUT2D eigenvalue weighted by Crippen LogP contribution is -2.66. The van der Waals surface area contributed by atoms with Crippen LogP contribution in [0.4, 0.5) is 0 Å². The van der Waals surface area contributed by atoms with Gasteiger partial charge in [-0.05, 0) is 36.6 Å². The standard InChI is InChI=1S/C22H20ClN3O2/c1-22-20-16(15-7-3-5-9-18(15)24-20)10-11-26(22)19(27)13-25(21(22)28)12-14-6-2-4-8-17(14)23/h2-9,24H,10-13H2,1H3/t22-/m1/s1. The average molecular weight is 394 g/mol. The fourth-order valence-corrected chi connectivity index (χ4v) is 4.84. The van der Waals surface area contributed by atoms with Crippen LogP contribution in [0, 0.1) is 0 Å². The molecular weight excluding hydrogens is 374 g/mol. The number of aromatic amines is 1. The molecule has 0 radical (unpaired) electrons. The second-order valence-corrected chi connectivity index (χ2v) is 8.05. The third-order valence-corrected chi connectivity index (χ3v) is 6.44. The normalized spacial score (nSPS) is 21.8. The maximum Gasteiger partial charge on any atom is 0.255 e. The molecule has 2 amide bonds. The van der Waals surface area contributed by atoms with Crippen LogP contribution < -0.4 is 0 Å². The van der Waals surface area contributed by atoms with Crippen LogP contribution in [0.2, 0.25) is 5.02 Å². The first-order chi connectivity index (χ1) is 13.5. The van der Waals surface area contributed by atoms with Gasteiger partial charge in [0, 0.05) is 29.0 Å². The Balaban J connectivity index is 1.60. The number of carbonyl (C=O) groups excluding carboxylic acids is 2. The number of carbonyl (C=O) groups is 2. The van der Waals surface area contributed by atoms with Gasteiger partial charge in [0.05, 0.1) is 5.69 Å². The van der Waals surface area contributed by atoms with E-state index in [1.807, 2.05) is 43.3 Å². The van der Waals surface area contributed by atoms with Crippen molar-refractivity contribution in [1.82, 2.24) is 14.8 Å².